The lowest BCUT2D eigenvalue weighted by Crippen LogP contribution is -2.11. The van der Waals surface area contributed by atoms with Gasteiger partial charge in [-0.25, -0.2) is 4.39 Å². The summed E-state index contributed by atoms with van der Waals surface area (Å²) in [5.41, 5.74) is 0.802. The van der Waals surface area contributed by atoms with Crippen LogP contribution in [0.25, 0.3) is 0 Å². The molecule has 0 spiro atoms. The van der Waals surface area contributed by atoms with Crippen LogP contribution < -0.4 is 0 Å². The number of benzene rings is 1. The maximum atomic E-state index is 13.0. The van der Waals surface area contributed by atoms with Gasteiger partial charge in [0.2, 0.25) is 0 Å². The van der Waals surface area contributed by atoms with Gasteiger partial charge in [0, 0.05) is 12.3 Å². The molecule has 0 saturated carbocycles. The van der Waals surface area contributed by atoms with E-state index in [4.69, 9.17) is 0 Å². The van der Waals surface area contributed by atoms with E-state index in [1.807, 2.05) is 19.9 Å². The van der Waals surface area contributed by atoms with Crippen molar-refractivity contribution in [3.63, 3.8) is 0 Å². The largest absolute Gasteiger partial charge is 0.299 e. The third kappa shape index (κ3) is 3.15. The second kappa shape index (κ2) is 5.64. The van der Waals surface area contributed by atoms with Crippen LogP contribution in [0, 0.1) is 5.82 Å². The summed E-state index contributed by atoms with van der Waals surface area (Å²) in [5, 5.41) is 0. The van der Waals surface area contributed by atoms with E-state index in [0.29, 0.717) is 6.42 Å². The minimum Gasteiger partial charge on any atom is -0.299 e. The van der Waals surface area contributed by atoms with E-state index < -0.39 is 0 Å². The molecule has 1 unspecified atom stereocenters. The zero-order valence-electron chi connectivity index (χ0n) is 9.29. The molecule has 0 N–H and O–H groups in total. The molecule has 0 radical (unpaired) electrons. The monoisotopic (exact) mass is 208 g/mol. The molecule has 0 aromatic heterocycles. The topological polar surface area (TPSA) is 17.1 Å². The van der Waals surface area contributed by atoms with Crippen molar-refractivity contribution in [2.75, 3.05) is 0 Å². The van der Waals surface area contributed by atoms with Crippen molar-refractivity contribution in [2.24, 2.45) is 0 Å². The average molecular weight is 208 g/mol. The molecule has 1 rings (SSSR count). The number of halogens is 1. The molecular formula is C13H17FO. The van der Waals surface area contributed by atoms with E-state index in [9.17, 15) is 9.18 Å². The summed E-state index contributed by atoms with van der Waals surface area (Å²) in [5.74, 6) is -0.193. The van der Waals surface area contributed by atoms with Crippen LogP contribution in [0.3, 0.4) is 0 Å². The van der Waals surface area contributed by atoms with Crippen LogP contribution in [-0.4, -0.2) is 5.78 Å². The molecule has 0 saturated heterocycles. The van der Waals surface area contributed by atoms with Crippen LogP contribution in [0.15, 0.2) is 24.3 Å². The third-order valence-electron chi connectivity index (χ3n) is 2.54. The number of carbonyl (C=O) groups is 1. The molecule has 1 atom stereocenters. The van der Waals surface area contributed by atoms with E-state index in [1.54, 1.807) is 6.07 Å². The summed E-state index contributed by atoms with van der Waals surface area (Å²) in [6.45, 7) is 3.94. The smallest absolute Gasteiger partial charge is 0.140 e. The summed E-state index contributed by atoms with van der Waals surface area (Å²) in [6.07, 6.45) is 2.17. The Hall–Kier alpha value is -1.18. The van der Waals surface area contributed by atoms with Crippen molar-refractivity contribution in [3.05, 3.63) is 35.6 Å². The van der Waals surface area contributed by atoms with Gasteiger partial charge < -0.3 is 0 Å². The molecule has 82 valence electrons. The second-order valence-corrected chi connectivity index (χ2v) is 3.73. The lowest BCUT2D eigenvalue weighted by Gasteiger charge is -2.13. The number of carbonyl (C=O) groups excluding carboxylic acids is 1. The molecule has 1 aromatic rings. The summed E-state index contributed by atoms with van der Waals surface area (Å²) < 4.78 is 13.0. The van der Waals surface area contributed by atoms with Crippen molar-refractivity contribution < 1.29 is 9.18 Å². The van der Waals surface area contributed by atoms with Crippen molar-refractivity contribution in [1.82, 2.24) is 0 Å². The van der Waals surface area contributed by atoms with E-state index in [0.717, 1.165) is 18.4 Å². The van der Waals surface area contributed by atoms with Gasteiger partial charge in [-0.05, 0) is 30.5 Å². The number of rotatable bonds is 5. The number of hydrogen-bond donors (Lipinski definition) is 0. The van der Waals surface area contributed by atoms with Gasteiger partial charge in [0.15, 0.2) is 0 Å². The zero-order chi connectivity index (χ0) is 11.3. The summed E-state index contributed by atoms with van der Waals surface area (Å²) in [6, 6.07) is 6.35. The minimum absolute atomic E-state index is 0.138. The first kappa shape index (κ1) is 11.9. The molecule has 0 amide bonds. The van der Waals surface area contributed by atoms with E-state index in [-0.39, 0.29) is 17.5 Å². The Bertz CT molecular complexity index is 333. The molecule has 0 aliphatic carbocycles. The summed E-state index contributed by atoms with van der Waals surface area (Å²) in [7, 11) is 0. The molecule has 2 heteroatoms. The van der Waals surface area contributed by atoms with E-state index in [1.165, 1.54) is 12.1 Å². The number of hydrogen-bond acceptors (Lipinski definition) is 1. The Morgan fingerprint density at radius 3 is 2.67 bits per heavy atom. The van der Waals surface area contributed by atoms with Crippen molar-refractivity contribution in [1.29, 1.82) is 0 Å². The van der Waals surface area contributed by atoms with Crippen molar-refractivity contribution >= 4 is 5.78 Å². The van der Waals surface area contributed by atoms with Gasteiger partial charge >= 0.3 is 0 Å². The highest BCUT2D eigenvalue weighted by atomic mass is 19.1. The molecule has 0 bridgehead atoms. The standard InChI is InChI=1S/C13H17FO/c1-3-6-13(15)12(4-2)10-7-5-8-11(14)9-10/h5,7-9,12H,3-4,6H2,1-2H3. The minimum atomic E-state index is -0.268. The lowest BCUT2D eigenvalue weighted by atomic mass is 9.90. The molecule has 0 heterocycles. The van der Waals surface area contributed by atoms with Crippen LogP contribution in [-0.2, 0) is 4.79 Å². The quantitative estimate of drug-likeness (QED) is 0.721. The fraction of sp³-hybridized carbons (Fsp3) is 0.462. The van der Waals surface area contributed by atoms with Gasteiger partial charge in [-0.3, -0.25) is 4.79 Å². The van der Waals surface area contributed by atoms with Gasteiger partial charge in [-0.15, -0.1) is 0 Å². The molecule has 0 fully saturated rings. The molecule has 1 aromatic carbocycles. The normalized spacial score (nSPS) is 12.5. The average Bonchev–Trinajstić information content (AvgIpc) is 2.19. The first-order valence-electron chi connectivity index (χ1n) is 5.47. The van der Waals surface area contributed by atoms with Crippen LogP contribution in [0.4, 0.5) is 4.39 Å². The van der Waals surface area contributed by atoms with Crippen molar-refractivity contribution in [2.45, 2.75) is 39.0 Å². The SMILES string of the molecule is CCCC(=O)C(CC)c1cccc(F)c1. The first-order chi connectivity index (χ1) is 7.19. The maximum absolute atomic E-state index is 13.0. The predicted octanol–water partition coefficient (Wildman–Crippen LogP) is 3.69. The molecule has 1 nitrogen and oxygen atoms in total. The third-order valence-corrected chi connectivity index (χ3v) is 2.54. The lowest BCUT2D eigenvalue weighted by molar-refractivity contribution is -0.120. The molecular weight excluding hydrogens is 191 g/mol. The molecule has 0 aliphatic rings. The van der Waals surface area contributed by atoms with Crippen LogP contribution in [0.5, 0.6) is 0 Å². The van der Waals surface area contributed by atoms with Gasteiger partial charge in [0.1, 0.15) is 11.6 Å². The van der Waals surface area contributed by atoms with Gasteiger partial charge in [-0.2, -0.15) is 0 Å². The van der Waals surface area contributed by atoms with Gasteiger partial charge in [0.05, 0.1) is 0 Å². The van der Waals surface area contributed by atoms with Crippen molar-refractivity contribution in [3.8, 4) is 0 Å². The Labute approximate surface area is 90.3 Å². The second-order valence-electron chi connectivity index (χ2n) is 3.73. The zero-order valence-corrected chi connectivity index (χ0v) is 9.29. The Balaban J connectivity index is 2.87. The predicted molar refractivity (Wildman–Crippen MR) is 59.3 cm³/mol. The fourth-order valence-corrected chi connectivity index (χ4v) is 1.79. The Kier molecular flexibility index (Phi) is 4.47. The maximum Gasteiger partial charge on any atom is 0.140 e. The van der Waals surface area contributed by atoms with Crippen LogP contribution in [0.2, 0.25) is 0 Å². The van der Waals surface area contributed by atoms with E-state index >= 15 is 0 Å². The highest BCUT2D eigenvalue weighted by Crippen LogP contribution is 2.22. The molecule has 15 heavy (non-hydrogen) atoms. The molecule has 0 aliphatic heterocycles. The van der Waals surface area contributed by atoms with Gasteiger partial charge in [0.25, 0.3) is 0 Å². The summed E-state index contributed by atoms with van der Waals surface area (Å²) >= 11 is 0. The number of Topliss-reactive ketones (excluding diaryl/α,β-unsaturated/α-hetero) is 1. The van der Waals surface area contributed by atoms with Crippen LogP contribution >= 0.6 is 0 Å². The summed E-state index contributed by atoms with van der Waals surface area (Å²) in [4.78, 5) is 11.8. The van der Waals surface area contributed by atoms with Gasteiger partial charge in [-0.1, -0.05) is 26.0 Å². The Morgan fingerprint density at radius 2 is 2.13 bits per heavy atom. The Morgan fingerprint density at radius 1 is 1.40 bits per heavy atom. The van der Waals surface area contributed by atoms with Crippen LogP contribution in [0.1, 0.15) is 44.6 Å². The van der Waals surface area contributed by atoms with E-state index in [2.05, 4.69) is 0 Å². The highest BCUT2D eigenvalue weighted by Gasteiger charge is 2.17. The fourth-order valence-electron chi connectivity index (χ4n) is 1.79. The highest BCUT2D eigenvalue weighted by molar-refractivity contribution is 5.85. The first-order valence-corrected chi connectivity index (χ1v) is 5.47. The number of ketones is 1.